The summed E-state index contributed by atoms with van der Waals surface area (Å²) in [5.41, 5.74) is 1.42. The van der Waals surface area contributed by atoms with E-state index in [2.05, 4.69) is 63.0 Å². The second kappa shape index (κ2) is 6.51. The highest BCUT2D eigenvalue weighted by molar-refractivity contribution is 5.21. The number of aryl methyl sites for hydroxylation is 1. The molecule has 0 bridgehead atoms. The Morgan fingerprint density at radius 3 is 2.67 bits per heavy atom. The van der Waals surface area contributed by atoms with E-state index in [0.717, 1.165) is 37.7 Å². The minimum absolute atomic E-state index is 0.137. The Kier molecular flexibility index (Phi) is 5.12. The molecule has 1 aromatic heterocycles. The molecule has 0 radical (unpaired) electrons. The fraction of sp³-hybridized carbons (Fsp3) is 0.765. The molecule has 2 heterocycles. The zero-order valence-corrected chi connectivity index (χ0v) is 14.5. The third-order valence-electron chi connectivity index (χ3n) is 4.24. The van der Waals surface area contributed by atoms with Crippen LogP contribution in [-0.2, 0) is 13.1 Å². The Morgan fingerprint density at radius 2 is 2.10 bits per heavy atom. The van der Waals surface area contributed by atoms with Crippen LogP contribution in [0.3, 0.4) is 0 Å². The first-order valence-electron chi connectivity index (χ1n) is 7.96. The number of hydrogen-bond acceptors (Lipinski definition) is 4. The molecule has 0 aromatic carbocycles. The van der Waals surface area contributed by atoms with Crippen molar-refractivity contribution in [3.63, 3.8) is 0 Å². The van der Waals surface area contributed by atoms with Gasteiger partial charge in [0, 0.05) is 36.8 Å². The molecule has 1 aliphatic rings. The van der Waals surface area contributed by atoms with E-state index in [1.54, 1.807) is 0 Å². The molecular weight excluding hydrogens is 262 g/mol. The van der Waals surface area contributed by atoms with Gasteiger partial charge in [0.25, 0.3) is 0 Å². The molecule has 120 valence electrons. The van der Waals surface area contributed by atoms with Crippen LogP contribution < -0.4 is 5.32 Å². The molecule has 0 spiro atoms. The molecule has 4 nitrogen and oxygen atoms in total. The normalized spacial score (nSPS) is 20.6. The van der Waals surface area contributed by atoms with Gasteiger partial charge in [0.2, 0.25) is 0 Å². The number of likely N-dealkylation sites (tertiary alicyclic amines) is 1. The van der Waals surface area contributed by atoms with Crippen LogP contribution in [0.15, 0.2) is 10.5 Å². The molecule has 1 unspecified atom stereocenters. The van der Waals surface area contributed by atoms with Crippen LogP contribution in [0.4, 0.5) is 0 Å². The zero-order chi connectivity index (χ0) is 15.6. The number of hydrogen-bond donors (Lipinski definition) is 1. The maximum absolute atomic E-state index is 5.94. The largest absolute Gasteiger partial charge is 0.465 e. The average Bonchev–Trinajstić information content (AvgIpc) is 2.93. The van der Waals surface area contributed by atoms with Gasteiger partial charge < -0.3 is 14.6 Å². The van der Waals surface area contributed by atoms with Crippen molar-refractivity contribution in [2.24, 2.45) is 0 Å². The first-order valence-corrected chi connectivity index (χ1v) is 7.96. The van der Waals surface area contributed by atoms with Gasteiger partial charge in [0.15, 0.2) is 0 Å². The summed E-state index contributed by atoms with van der Waals surface area (Å²) in [5, 5.41) is 3.53. The molecular formula is C17H31N3O. The van der Waals surface area contributed by atoms with Crippen molar-refractivity contribution in [1.29, 1.82) is 0 Å². The molecule has 0 aliphatic carbocycles. The Morgan fingerprint density at radius 1 is 1.38 bits per heavy atom. The Hall–Kier alpha value is -0.840. The SMILES string of the molecule is Cc1oc(CN2CCC(N(C)C)C2)cc1CNC(C)(C)C. The van der Waals surface area contributed by atoms with Gasteiger partial charge in [0.05, 0.1) is 6.54 Å². The lowest BCUT2D eigenvalue weighted by atomic mass is 10.1. The van der Waals surface area contributed by atoms with Crippen LogP contribution in [-0.4, -0.2) is 48.6 Å². The van der Waals surface area contributed by atoms with Crippen molar-refractivity contribution in [2.45, 2.75) is 58.8 Å². The predicted molar refractivity (Wildman–Crippen MR) is 87.4 cm³/mol. The molecule has 21 heavy (non-hydrogen) atoms. The van der Waals surface area contributed by atoms with E-state index >= 15 is 0 Å². The smallest absolute Gasteiger partial charge is 0.118 e. The Labute approximate surface area is 129 Å². The summed E-state index contributed by atoms with van der Waals surface area (Å²) in [6.07, 6.45) is 1.26. The van der Waals surface area contributed by atoms with Gasteiger partial charge in [-0.3, -0.25) is 4.90 Å². The van der Waals surface area contributed by atoms with Gasteiger partial charge in [-0.05, 0) is 54.3 Å². The van der Waals surface area contributed by atoms with E-state index in [0.29, 0.717) is 6.04 Å². The zero-order valence-electron chi connectivity index (χ0n) is 14.5. The van der Waals surface area contributed by atoms with Crippen molar-refractivity contribution in [2.75, 3.05) is 27.2 Å². The van der Waals surface area contributed by atoms with Gasteiger partial charge in [-0.1, -0.05) is 0 Å². The third-order valence-corrected chi connectivity index (χ3v) is 4.24. The van der Waals surface area contributed by atoms with Gasteiger partial charge >= 0.3 is 0 Å². The van der Waals surface area contributed by atoms with E-state index in [9.17, 15) is 0 Å². The summed E-state index contributed by atoms with van der Waals surface area (Å²) in [7, 11) is 4.34. The Balaban J connectivity index is 1.90. The highest BCUT2D eigenvalue weighted by Crippen LogP contribution is 2.20. The summed E-state index contributed by atoms with van der Waals surface area (Å²) in [4.78, 5) is 4.82. The summed E-state index contributed by atoms with van der Waals surface area (Å²) < 4.78 is 5.94. The van der Waals surface area contributed by atoms with E-state index in [1.165, 1.54) is 12.0 Å². The van der Waals surface area contributed by atoms with E-state index in [1.807, 2.05) is 0 Å². The van der Waals surface area contributed by atoms with E-state index < -0.39 is 0 Å². The maximum Gasteiger partial charge on any atom is 0.118 e. The number of rotatable bonds is 5. The molecule has 1 fully saturated rings. The molecule has 4 heteroatoms. The van der Waals surface area contributed by atoms with Crippen LogP contribution in [0, 0.1) is 6.92 Å². The molecule has 0 amide bonds. The van der Waals surface area contributed by atoms with Crippen LogP contribution in [0.2, 0.25) is 0 Å². The van der Waals surface area contributed by atoms with Crippen LogP contribution in [0.1, 0.15) is 44.3 Å². The lowest BCUT2D eigenvalue weighted by molar-refractivity contribution is 0.251. The summed E-state index contributed by atoms with van der Waals surface area (Å²) in [5.74, 6) is 2.14. The van der Waals surface area contributed by atoms with Gasteiger partial charge in [-0.2, -0.15) is 0 Å². The van der Waals surface area contributed by atoms with Gasteiger partial charge in [-0.25, -0.2) is 0 Å². The highest BCUT2D eigenvalue weighted by atomic mass is 16.3. The first-order chi connectivity index (χ1) is 9.74. The molecule has 1 saturated heterocycles. The predicted octanol–water partition coefficient (Wildman–Crippen LogP) is 2.61. The number of furan rings is 1. The van der Waals surface area contributed by atoms with Gasteiger partial charge in [0.1, 0.15) is 11.5 Å². The molecule has 0 saturated carbocycles. The number of likely N-dealkylation sites (N-methyl/N-ethyl adjacent to an activating group) is 1. The Bertz CT molecular complexity index is 459. The monoisotopic (exact) mass is 293 g/mol. The topological polar surface area (TPSA) is 31.7 Å². The van der Waals surface area contributed by atoms with Crippen molar-refractivity contribution in [3.8, 4) is 0 Å². The maximum atomic E-state index is 5.94. The quantitative estimate of drug-likeness (QED) is 0.904. The molecule has 1 aliphatic heterocycles. The lowest BCUT2D eigenvalue weighted by Gasteiger charge is -2.20. The third kappa shape index (κ3) is 4.83. The molecule has 1 N–H and O–H groups in total. The highest BCUT2D eigenvalue weighted by Gasteiger charge is 2.24. The van der Waals surface area contributed by atoms with Crippen molar-refractivity contribution >= 4 is 0 Å². The van der Waals surface area contributed by atoms with Crippen LogP contribution in [0.25, 0.3) is 0 Å². The first kappa shape index (κ1) is 16.5. The standard InChI is InChI=1S/C17H31N3O/c1-13-14(10-18-17(2,3)4)9-16(21-13)12-20-8-7-15(11-20)19(5)6/h9,15,18H,7-8,10-12H2,1-6H3. The summed E-state index contributed by atoms with van der Waals surface area (Å²) in [6.45, 7) is 12.7. The molecule has 2 rings (SSSR count). The van der Waals surface area contributed by atoms with Crippen LogP contribution in [0.5, 0.6) is 0 Å². The average molecular weight is 293 g/mol. The number of nitrogens with zero attached hydrogens (tertiary/aromatic N) is 2. The number of nitrogens with one attached hydrogen (secondary N) is 1. The van der Waals surface area contributed by atoms with E-state index in [4.69, 9.17) is 4.42 Å². The van der Waals surface area contributed by atoms with Crippen molar-refractivity contribution in [3.05, 3.63) is 23.2 Å². The second-order valence-electron chi connectivity index (χ2n) is 7.54. The van der Waals surface area contributed by atoms with Crippen molar-refractivity contribution < 1.29 is 4.42 Å². The second-order valence-corrected chi connectivity index (χ2v) is 7.54. The fourth-order valence-electron chi connectivity index (χ4n) is 2.80. The minimum atomic E-state index is 0.137. The van der Waals surface area contributed by atoms with Gasteiger partial charge in [-0.15, -0.1) is 0 Å². The minimum Gasteiger partial charge on any atom is -0.465 e. The van der Waals surface area contributed by atoms with Crippen molar-refractivity contribution in [1.82, 2.24) is 15.1 Å². The molecule has 1 atom stereocenters. The molecule has 1 aromatic rings. The van der Waals surface area contributed by atoms with E-state index in [-0.39, 0.29) is 5.54 Å². The van der Waals surface area contributed by atoms with Crippen LogP contribution >= 0.6 is 0 Å². The fourth-order valence-corrected chi connectivity index (χ4v) is 2.80. The summed E-state index contributed by atoms with van der Waals surface area (Å²) in [6, 6.07) is 2.90. The summed E-state index contributed by atoms with van der Waals surface area (Å²) >= 11 is 0. The lowest BCUT2D eigenvalue weighted by Crippen LogP contribution is -2.35.